The monoisotopic (exact) mass is 209 g/mol. The van der Waals surface area contributed by atoms with Crippen LogP contribution in [0.5, 0.6) is 5.75 Å². The van der Waals surface area contributed by atoms with Crippen LogP contribution in [0, 0.1) is 5.92 Å². The lowest BCUT2D eigenvalue weighted by molar-refractivity contribution is 0.395. The SMILES string of the molecule is CCCCC(CC)Cc1[nH]ccc1OC. The van der Waals surface area contributed by atoms with Gasteiger partial charge in [0.25, 0.3) is 0 Å². The Bertz CT molecular complexity index is 267. The van der Waals surface area contributed by atoms with Gasteiger partial charge in [0.05, 0.1) is 12.8 Å². The van der Waals surface area contributed by atoms with Crippen molar-refractivity contribution in [3.63, 3.8) is 0 Å². The molecular weight excluding hydrogens is 186 g/mol. The van der Waals surface area contributed by atoms with Crippen LogP contribution in [0.2, 0.25) is 0 Å². The third-order valence-electron chi connectivity index (χ3n) is 3.05. The van der Waals surface area contributed by atoms with Crippen molar-refractivity contribution in [3.8, 4) is 5.75 Å². The maximum atomic E-state index is 5.30. The second-order valence-corrected chi connectivity index (χ2v) is 4.15. The van der Waals surface area contributed by atoms with Gasteiger partial charge in [-0.3, -0.25) is 0 Å². The van der Waals surface area contributed by atoms with Crippen LogP contribution < -0.4 is 4.74 Å². The van der Waals surface area contributed by atoms with E-state index in [1.165, 1.54) is 31.4 Å². The first-order chi connectivity index (χ1) is 7.31. The summed E-state index contributed by atoms with van der Waals surface area (Å²) < 4.78 is 5.30. The zero-order valence-electron chi connectivity index (χ0n) is 10.2. The molecule has 1 aromatic heterocycles. The third-order valence-corrected chi connectivity index (χ3v) is 3.05. The molecule has 1 unspecified atom stereocenters. The van der Waals surface area contributed by atoms with Crippen molar-refractivity contribution >= 4 is 0 Å². The molecule has 0 radical (unpaired) electrons. The summed E-state index contributed by atoms with van der Waals surface area (Å²) in [5.41, 5.74) is 1.25. The Balaban J connectivity index is 2.50. The van der Waals surface area contributed by atoms with Crippen molar-refractivity contribution in [2.45, 2.75) is 46.0 Å². The summed E-state index contributed by atoms with van der Waals surface area (Å²) in [5.74, 6) is 1.79. The number of aromatic nitrogens is 1. The number of unbranched alkanes of at least 4 members (excludes halogenated alkanes) is 1. The number of hydrogen-bond donors (Lipinski definition) is 1. The predicted molar refractivity (Wildman–Crippen MR) is 64.4 cm³/mol. The van der Waals surface area contributed by atoms with Gasteiger partial charge in [0.1, 0.15) is 5.75 Å². The molecule has 0 spiro atoms. The second-order valence-electron chi connectivity index (χ2n) is 4.15. The lowest BCUT2D eigenvalue weighted by Crippen LogP contribution is -2.04. The van der Waals surface area contributed by atoms with Gasteiger partial charge in [-0.25, -0.2) is 0 Å². The highest BCUT2D eigenvalue weighted by atomic mass is 16.5. The van der Waals surface area contributed by atoms with Gasteiger partial charge in [0.2, 0.25) is 0 Å². The van der Waals surface area contributed by atoms with E-state index in [9.17, 15) is 0 Å². The fourth-order valence-electron chi connectivity index (χ4n) is 1.97. The molecule has 0 aliphatic rings. The molecule has 1 rings (SSSR count). The summed E-state index contributed by atoms with van der Waals surface area (Å²) in [5, 5.41) is 0. The number of methoxy groups -OCH3 is 1. The average molecular weight is 209 g/mol. The minimum atomic E-state index is 0.789. The van der Waals surface area contributed by atoms with Crippen LogP contribution in [-0.2, 0) is 6.42 Å². The molecule has 2 heteroatoms. The average Bonchev–Trinajstić information content (AvgIpc) is 2.71. The first-order valence-electron chi connectivity index (χ1n) is 6.02. The highest BCUT2D eigenvalue weighted by Gasteiger charge is 2.11. The Morgan fingerprint density at radius 2 is 2.20 bits per heavy atom. The van der Waals surface area contributed by atoms with Crippen molar-refractivity contribution < 1.29 is 4.74 Å². The molecule has 86 valence electrons. The van der Waals surface area contributed by atoms with Gasteiger partial charge in [0, 0.05) is 6.20 Å². The van der Waals surface area contributed by atoms with E-state index in [0.29, 0.717) is 0 Å². The fourth-order valence-corrected chi connectivity index (χ4v) is 1.97. The Hall–Kier alpha value is -0.920. The van der Waals surface area contributed by atoms with E-state index < -0.39 is 0 Å². The van der Waals surface area contributed by atoms with Gasteiger partial charge < -0.3 is 9.72 Å². The van der Waals surface area contributed by atoms with E-state index in [1.54, 1.807) is 7.11 Å². The molecule has 0 fully saturated rings. The van der Waals surface area contributed by atoms with Crippen molar-refractivity contribution in [1.82, 2.24) is 4.98 Å². The van der Waals surface area contributed by atoms with Crippen molar-refractivity contribution in [1.29, 1.82) is 0 Å². The predicted octanol–water partition coefficient (Wildman–Crippen LogP) is 3.78. The maximum absolute atomic E-state index is 5.30. The molecule has 1 heterocycles. The van der Waals surface area contributed by atoms with E-state index in [0.717, 1.165) is 18.1 Å². The van der Waals surface area contributed by atoms with Crippen molar-refractivity contribution in [2.75, 3.05) is 7.11 Å². The molecule has 1 aromatic rings. The lowest BCUT2D eigenvalue weighted by atomic mass is 9.94. The molecule has 15 heavy (non-hydrogen) atoms. The maximum Gasteiger partial charge on any atom is 0.139 e. The van der Waals surface area contributed by atoms with Gasteiger partial charge in [-0.15, -0.1) is 0 Å². The van der Waals surface area contributed by atoms with Crippen LogP contribution in [0.25, 0.3) is 0 Å². The summed E-state index contributed by atoms with van der Waals surface area (Å²) in [6.07, 6.45) is 8.28. The van der Waals surface area contributed by atoms with E-state index >= 15 is 0 Å². The first kappa shape index (κ1) is 12.2. The lowest BCUT2D eigenvalue weighted by Gasteiger charge is -2.14. The number of H-pyrrole nitrogens is 1. The van der Waals surface area contributed by atoms with Gasteiger partial charge in [-0.1, -0.05) is 39.5 Å². The normalized spacial score (nSPS) is 12.7. The number of aromatic amines is 1. The number of hydrogen-bond acceptors (Lipinski definition) is 1. The van der Waals surface area contributed by atoms with E-state index in [2.05, 4.69) is 18.8 Å². The molecule has 0 aromatic carbocycles. The van der Waals surface area contributed by atoms with Crippen molar-refractivity contribution in [2.24, 2.45) is 5.92 Å². The molecule has 0 aliphatic carbocycles. The van der Waals surface area contributed by atoms with Crippen LogP contribution in [-0.4, -0.2) is 12.1 Å². The smallest absolute Gasteiger partial charge is 0.139 e. The van der Waals surface area contributed by atoms with Crippen LogP contribution in [0.1, 0.15) is 45.2 Å². The zero-order chi connectivity index (χ0) is 11.1. The Kier molecular flexibility index (Phi) is 5.30. The summed E-state index contributed by atoms with van der Waals surface area (Å²) in [6, 6.07) is 2.00. The highest BCUT2D eigenvalue weighted by Crippen LogP contribution is 2.23. The Morgan fingerprint density at radius 3 is 2.80 bits per heavy atom. The summed E-state index contributed by atoms with van der Waals surface area (Å²) in [4.78, 5) is 3.27. The van der Waals surface area contributed by atoms with E-state index in [-0.39, 0.29) is 0 Å². The van der Waals surface area contributed by atoms with E-state index in [4.69, 9.17) is 4.74 Å². The fraction of sp³-hybridized carbons (Fsp3) is 0.692. The molecule has 0 saturated heterocycles. The molecule has 0 saturated carbocycles. The minimum Gasteiger partial charge on any atom is -0.495 e. The molecule has 1 N–H and O–H groups in total. The van der Waals surface area contributed by atoms with Gasteiger partial charge in [0.15, 0.2) is 0 Å². The Morgan fingerprint density at radius 1 is 1.40 bits per heavy atom. The topological polar surface area (TPSA) is 25.0 Å². The summed E-state index contributed by atoms with van der Waals surface area (Å²) >= 11 is 0. The highest BCUT2D eigenvalue weighted by molar-refractivity contribution is 5.27. The standard InChI is InChI=1S/C13H23NO/c1-4-6-7-11(5-2)10-12-13(15-3)8-9-14-12/h8-9,11,14H,4-7,10H2,1-3H3. The van der Waals surface area contributed by atoms with Crippen LogP contribution >= 0.6 is 0 Å². The molecule has 1 atom stereocenters. The van der Waals surface area contributed by atoms with Gasteiger partial charge in [-0.05, 0) is 18.4 Å². The summed E-state index contributed by atoms with van der Waals surface area (Å²) in [6.45, 7) is 4.53. The molecule has 2 nitrogen and oxygen atoms in total. The molecular formula is C13H23NO. The largest absolute Gasteiger partial charge is 0.495 e. The van der Waals surface area contributed by atoms with Gasteiger partial charge in [-0.2, -0.15) is 0 Å². The molecule has 0 bridgehead atoms. The molecule has 0 aliphatic heterocycles. The van der Waals surface area contributed by atoms with Crippen molar-refractivity contribution in [3.05, 3.63) is 18.0 Å². The molecule has 0 amide bonds. The van der Waals surface area contributed by atoms with Crippen LogP contribution in [0.4, 0.5) is 0 Å². The number of rotatable bonds is 7. The van der Waals surface area contributed by atoms with Crippen LogP contribution in [0.3, 0.4) is 0 Å². The minimum absolute atomic E-state index is 0.789. The van der Waals surface area contributed by atoms with Gasteiger partial charge >= 0.3 is 0 Å². The quantitative estimate of drug-likeness (QED) is 0.726. The van der Waals surface area contributed by atoms with Crippen LogP contribution in [0.15, 0.2) is 12.3 Å². The second kappa shape index (κ2) is 6.54. The number of nitrogens with one attached hydrogen (secondary N) is 1. The summed E-state index contributed by atoms with van der Waals surface area (Å²) in [7, 11) is 1.74. The first-order valence-corrected chi connectivity index (χ1v) is 6.02. The number of ether oxygens (including phenoxy) is 1. The third kappa shape index (κ3) is 3.61. The zero-order valence-corrected chi connectivity index (χ0v) is 10.2. The Labute approximate surface area is 93.0 Å². The van der Waals surface area contributed by atoms with E-state index in [1.807, 2.05) is 12.3 Å².